The summed E-state index contributed by atoms with van der Waals surface area (Å²) in [5.74, 6) is -0.289. The molecule has 0 amide bonds. The molecule has 5 nitrogen and oxygen atoms in total. The van der Waals surface area contributed by atoms with Crippen LogP contribution in [0, 0.1) is 5.92 Å². The zero-order chi connectivity index (χ0) is 14.4. The highest BCUT2D eigenvalue weighted by Crippen LogP contribution is 2.24. The van der Waals surface area contributed by atoms with E-state index in [0.717, 1.165) is 0 Å². The van der Waals surface area contributed by atoms with E-state index in [1.165, 1.54) is 6.07 Å². The number of Topliss-reactive ketones (excluding diaryl/α,β-unsaturated/α-hetero) is 1. The van der Waals surface area contributed by atoms with Crippen LogP contribution >= 0.6 is 0 Å². The number of aliphatic carboxylic acids is 1. The van der Waals surface area contributed by atoms with Crippen LogP contribution < -0.4 is 10.5 Å². The molecule has 3 N–H and O–H groups in total. The lowest BCUT2D eigenvalue weighted by atomic mass is 10.1. The third-order valence-electron chi connectivity index (χ3n) is 2.47. The molecule has 1 aromatic rings. The number of nitrogen functional groups attached to an aromatic ring is 1. The largest absolute Gasteiger partial charge is 0.491 e. The summed E-state index contributed by atoms with van der Waals surface area (Å²) in [6, 6.07) is 4.78. The number of hydrogen-bond donors (Lipinski definition) is 2. The maximum atomic E-state index is 11.7. The molecule has 0 bridgehead atoms. The van der Waals surface area contributed by atoms with Crippen molar-refractivity contribution in [3.05, 3.63) is 23.8 Å². The molecular formula is C14H19NO4. The lowest BCUT2D eigenvalue weighted by Gasteiger charge is -2.11. The number of carboxylic acids is 1. The Labute approximate surface area is 112 Å². The predicted molar refractivity (Wildman–Crippen MR) is 72.4 cm³/mol. The van der Waals surface area contributed by atoms with Gasteiger partial charge in [-0.05, 0) is 24.1 Å². The van der Waals surface area contributed by atoms with Crippen LogP contribution in [0.5, 0.6) is 5.75 Å². The first kappa shape index (κ1) is 15.0. The summed E-state index contributed by atoms with van der Waals surface area (Å²) < 4.78 is 5.50. The summed E-state index contributed by atoms with van der Waals surface area (Å²) in [6.45, 7) is 4.61. The molecule has 0 atom stereocenters. The molecule has 0 saturated carbocycles. The number of ketones is 1. The summed E-state index contributed by atoms with van der Waals surface area (Å²) in [6.07, 6.45) is -0.203. The van der Waals surface area contributed by atoms with Crippen molar-refractivity contribution in [2.45, 2.75) is 26.7 Å². The smallest absolute Gasteiger partial charge is 0.303 e. The van der Waals surface area contributed by atoms with Crippen molar-refractivity contribution in [1.82, 2.24) is 0 Å². The Kier molecular flexibility index (Phi) is 5.36. The number of carboxylic acid groups (broad SMARTS) is 1. The van der Waals surface area contributed by atoms with Crippen molar-refractivity contribution < 1.29 is 19.4 Å². The van der Waals surface area contributed by atoms with E-state index >= 15 is 0 Å². The lowest BCUT2D eigenvalue weighted by molar-refractivity contribution is -0.136. The van der Waals surface area contributed by atoms with Gasteiger partial charge in [0.25, 0.3) is 0 Å². The zero-order valence-electron chi connectivity index (χ0n) is 11.2. The number of hydrogen-bond acceptors (Lipinski definition) is 4. The third kappa shape index (κ3) is 4.99. The van der Waals surface area contributed by atoms with Gasteiger partial charge in [0, 0.05) is 12.0 Å². The number of carbonyl (C=O) groups excluding carboxylic acids is 1. The summed E-state index contributed by atoms with van der Waals surface area (Å²) in [7, 11) is 0. The van der Waals surface area contributed by atoms with E-state index in [9.17, 15) is 9.59 Å². The first-order chi connectivity index (χ1) is 8.90. The van der Waals surface area contributed by atoms with Gasteiger partial charge in [0.1, 0.15) is 5.75 Å². The van der Waals surface area contributed by atoms with E-state index in [4.69, 9.17) is 15.6 Å². The van der Waals surface area contributed by atoms with E-state index in [1.54, 1.807) is 12.1 Å². The molecule has 0 radical (unpaired) electrons. The molecule has 0 aromatic heterocycles. The molecule has 0 aliphatic heterocycles. The topological polar surface area (TPSA) is 89.6 Å². The molecule has 0 unspecified atom stereocenters. The van der Waals surface area contributed by atoms with Crippen molar-refractivity contribution >= 4 is 17.4 Å². The van der Waals surface area contributed by atoms with Crippen LogP contribution in [0.25, 0.3) is 0 Å². The van der Waals surface area contributed by atoms with Gasteiger partial charge >= 0.3 is 5.97 Å². The number of nitrogens with two attached hydrogens (primary N) is 1. The second-order valence-electron chi connectivity index (χ2n) is 4.77. The first-order valence-electron chi connectivity index (χ1n) is 6.17. The third-order valence-corrected chi connectivity index (χ3v) is 2.47. The monoisotopic (exact) mass is 265 g/mol. The van der Waals surface area contributed by atoms with Gasteiger partial charge in [-0.25, -0.2) is 0 Å². The van der Waals surface area contributed by atoms with Crippen molar-refractivity contribution in [2.75, 3.05) is 12.3 Å². The molecule has 19 heavy (non-hydrogen) atoms. The average molecular weight is 265 g/mol. The number of carbonyl (C=O) groups is 2. The van der Waals surface area contributed by atoms with Crippen molar-refractivity contribution in [3.63, 3.8) is 0 Å². The maximum Gasteiger partial charge on any atom is 0.303 e. The number of ether oxygens (including phenoxy) is 1. The number of rotatable bonds is 7. The van der Waals surface area contributed by atoms with Crippen LogP contribution in [0.15, 0.2) is 18.2 Å². The van der Waals surface area contributed by atoms with E-state index in [2.05, 4.69) is 0 Å². The Balaban J connectivity index is 2.70. The molecule has 0 fully saturated rings. The second-order valence-corrected chi connectivity index (χ2v) is 4.77. The van der Waals surface area contributed by atoms with Gasteiger partial charge < -0.3 is 15.6 Å². The van der Waals surface area contributed by atoms with Crippen molar-refractivity contribution in [1.29, 1.82) is 0 Å². The Morgan fingerprint density at radius 3 is 2.53 bits per heavy atom. The Bertz CT molecular complexity index is 469. The molecule has 1 aromatic carbocycles. The summed E-state index contributed by atoms with van der Waals surface area (Å²) >= 11 is 0. The molecule has 0 aliphatic carbocycles. The van der Waals surface area contributed by atoms with Crippen LogP contribution in [0.2, 0.25) is 0 Å². The highest BCUT2D eigenvalue weighted by molar-refractivity contribution is 5.98. The normalized spacial score (nSPS) is 10.5. The van der Waals surface area contributed by atoms with Crippen LogP contribution in [0.3, 0.4) is 0 Å². The molecular weight excluding hydrogens is 246 g/mol. The fourth-order valence-corrected chi connectivity index (χ4v) is 1.47. The molecule has 5 heteroatoms. The lowest BCUT2D eigenvalue weighted by Crippen LogP contribution is -2.08. The molecule has 0 aliphatic rings. The fraction of sp³-hybridized carbons (Fsp3) is 0.429. The van der Waals surface area contributed by atoms with Crippen LogP contribution in [0.1, 0.15) is 37.0 Å². The molecule has 1 rings (SSSR count). The van der Waals surface area contributed by atoms with Crippen molar-refractivity contribution in [2.24, 2.45) is 5.92 Å². The van der Waals surface area contributed by atoms with Crippen LogP contribution in [-0.4, -0.2) is 23.5 Å². The quantitative estimate of drug-likeness (QED) is 0.583. The van der Waals surface area contributed by atoms with Gasteiger partial charge in [-0.3, -0.25) is 9.59 Å². The van der Waals surface area contributed by atoms with Gasteiger partial charge in [-0.2, -0.15) is 0 Å². The Hall–Kier alpha value is -2.04. The standard InChI is InChI=1S/C14H19NO4/c1-9(2)8-19-13-5-3-10(7-11(13)15)12(16)4-6-14(17)18/h3,5,7,9H,4,6,8,15H2,1-2H3,(H,17,18). The minimum atomic E-state index is -0.988. The maximum absolute atomic E-state index is 11.7. The van der Waals surface area contributed by atoms with E-state index < -0.39 is 5.97 Å². The van der Waals surface area contributed by atoms with E-state index in [1.807, 2.05) is 13.8 Å². The van der Waals surface area contributed by atoms with Gasteiger partial charge in [0.05, 0.1) is 18.7 Å². The van der Waals surface area contributed by atoms with Crippen LogP contribution in [-0.2, 0) is 4.79 Å². The predicted octanol–water partition coefficient (Wildman–Crippen LogP) is 2.35. The molecule has 104 valence electrons. The average Bonchev–Trinajstić information content (AvgIpc) is 2.34. The highest BCUT2D eigenvalue weighted by Gasteiger charge is 2.11. The van der Waals surface area contributed by atoms with Gasteiger partial charge in [0.2, 0.25) is 0 Å². The first-order valence-corrected chi connectivity index (χ1v) is 6.17. The summed E-state index contributed by atoms with van der Waals surface area (Å²) in [5.41, 5.74) is 6.61. The zero-order valence-corrected chi connectivity index (χ0v) is 11.2. The number of benzene rings is 1. The summed E-state index contributed by atoms with van der Waals surface area (Å²) in [4.78, 5) is 22.1. The molecule has 0 spiro atoms. The van der Waals surface area contributed by atoms with Gasteiger partial charge in [-0.15, -0.1) is 0 Å². The Morgan fingerprint density at radius 2 is 2.00 bits per heavy atom. The Morgan fingerprint density at radius 1 is 1.32 bits per heavy atom. The SMILES string of the molecule is CC(C)COc1ccc(C(=O)CCC(=O)O)cc1N. The van der Waals surface area contributed by atoms with Crippen LogP contribution in [0.4, 0.5) is 5.69 Å². The summed E-state index contributed by atoms with van der Waals surface area (Å²) in [5, 5.41) is 8.53. The highest BCUT2D eigenvalue weighted by atomic mass is 16.5. The second kappa shape index (κ2) is 6.78. The van der Waals surface area contributed by atoms with E-state index in [-0.39, 0.29) is 18.6 Å². The molecule has 0 saturated heterocycles. The number of anilines is 1. The van der Waals surface area contributed by atoms with E-state index in [0.29, 0.717) is 29.5 Å². The molecule has 0 heterocycles. The minimum absolute atomic E-state index is 0.0268. The fourth-order valence-electron chi connectivity index (χ4n) is 1.47. The van der Waals surface area contributed by atoms with Gasteiger partial charge in [-0.1, -0.05) is 13.8 Å². The van der Waals surface area contributed by atoms with Gasteiger partial charge in [0.15, 0.2) is 5.78 Å². The minimum Gasteiger partial charge on any atom is -0.491 e. The van der Waals surface area contributed by atoms with Crippen molar-refractivity contribution in [3.8, 4) is 5.75 Å².